The zero-order valence-corrected chi connectivity index (χ0v) is 15.0. The van der Waals surface area contributed by atoms with Gasteiger partial charge in [0.05, 0.1) is 13.2 Å². The number of carbonyl (C=O) groups is 1. The number of aromatic nitrogens is 2. The van der Waals surface area contributed by atoms with Crippen LogP contribution in [0.2, 0.25) is 0 Å². The van der Waals surface area contributed by atoms with E-state index in [2.05, 4.69) is 9.97 Å². The molecule has 0 radical (unpaired) electrons. The van der Waals surface area contributed by atoms with Crippen molar-refractivity contribution in [2.24, 2.45) is 0 Å². The second-order valence-corrected chi connectivity index (χ2v) is 6.53. The molecule has 1 fully saturated rings. The standard InChI is InChI=1S/C19H23N3O4/c1-12-15(18(24)21-19(25)20-12)9-10-17(23)22-11-3-4-16(22)13-5-7-14(26-2)8-6-13/h5-8,16H,3-4,9-11H2,1-2H3,(H2,20,21,24,25). The van der Waals surface area contributed by atoms with Crippen molar-refractivity contribution in [2.75, 3.05) is 13.7 Å². The van der Waals surface area contributed by atoms with Crippen LogP contribution in [0.15, 0.2) is 33.9 Å². The highest BCUT2D eigenvalue weighted by Gasteiger charge is 2.29. The second-order valence-electron chi connectivity index (χ2n) is 6.53. The van der Waals surface area contributed by atoms with Crippen molar-refractivity contribution in [3.8, 4) is 5.75 Å². The molecule has 1 aliphatic rings. The molecule has 1 aliphatic heterocycles. The van der Waals surface area contributed by atoms with Gasteiger partial charge in [-0.05, 0) is 43.9 Å². The second kappa shape index (κ2) is 7.59. The minimum Gasteiger partial charge on any atom is -0.497 e. The molecule has 0 bridgehead atoms. The van der Waals surface area contributed by atoms with Crippen molar-refractivity contribution in [3.05, 3.63) is 61.9 Å². The quantitative estimate of drug-likeness (QED) is 0.851. The number of carbonyl (C=O) groups excluding carboxylic acids is 1. The number of aryl methyl sites for hydroxylation is 1. The number of nitrogens with zero attached hydrogens (tertiary/aromatic N) is 1. The van der Waals surface area contributed by atoms with E-state index in [1.54, 1.807) is 14.0 Å². The maximum absolute atomic E-state index is 12.7. The van der Waals surface area contributed by atoms with Crippen LogP contribution in [0, 0.1) is 6.92 Å². The molecule has 1 aromatic heterocycles. The average Bonchev–Trinajstić information content (AvgIpc) is 3.10. The number of hydrogen-bond acceptors (Lipinski definition) is 4. The number of nitrogens with one attached hydrogen (secondary N) is 2. The van der Waals surface area contributed by atoms with Gasteiger partial charge < -0.3 is 14.6 Å². The Morgan fingerprint density at radius 3 is 2.62 bits per heavy atom. The van der Waals surface area contributed by atoms with Gasteiger partial charge in [0.2, 0.25) is 5.91 Å². The van der Waals surface area contributed by atoms with Crippen LogP contribution in [0.5, 0.6) is 5.75 Å². The van der Waals surface area contributed by atoms with Gasteiger partial charge in [-0.25, -0.2) is 4.79 Å². The van der Waals surface area contributed by atoms with Crippen LogP contribution in [-0.2, 0) is 11.2 Å². The van der Waals surface area contributed by atoms with E-state index >= 15 is 0 Å². The van der Waals surface area contributed by atoms with Crippen molar-refractivity contribution in [2.45, 2.75) is 38.6 Å². The van der Waals surface area contributed by atoms with E-state index in [1.165, 1.54) is 0 Å². The smallest absolute Gasteiger partial charge is 0.325 e. The fourth-order valence-electron chi connectivity index (χ4n) is 3.54. The summed E-state index contributed by atoms with van der Waals surface area (Å²) in [5, 5.41) is 0. The molecule has 2 N–H and O–H groups in total. The summed E-state index contributed by atoms with van der Waals surface area (Å²) in [6.45, 7) is 2.39. The van der Waals surface area contributed by atoms with Crippen LogP contribution in [-0.4, -0.2) is 34.4 Å². The fourth-order valence-corrected chi connectivity index (χ4v) is 3.54. The zero-order valence-electron chi connectivity index (χ0n) is 15.0. The SMILES string of the molecule is COc1ccc(C2CCCN2C(=O)CCc2c(C)[nH]c(=O)[nH]c2=O)cc1. The first kappa shape index (κ1) is 18.0. The first-order valence-electron chi connectivity index (χ1n) is 8.75. The molecular weight excluding hydrogens is 334 g/mol. The third-order valence-corrected chi connectivity index (χ3v) is 4.92. The maximum atomic E-state index is 12.7. The van der Waals surface area contributed by atoms with Gasteiger partial charge in [-0.2, -0.15) is 0 Å². The molecule has 0 aliphatic carbocycles. The minimum atomic E-state index is -0.526. The Morgan fingerprint density at radius 2 is 1.96 bits per heavy atom. The minimum absolute atomic E-state index is 0.0216. The van der Waals surface area contributed by atoms with Gasteiger partial charge in [-0.3, -0.25) is 14.6 Å². The Hall–Kier alpha value is -2.83. The molecule has 3 rings (SSSR count). The summed E-state index contributed by atoms with van der Waals surface area (Å²) in [6, 6.07) is 7.85. The molecule has 1 unspecified atom stereocenters. The van der Waals surface area contributed by atoms with Gasteiger partial charge in [0.1, 0.15) is 5.75 Å². The molecule has 26 heavy (non-hydrogen) atoms. The van der Waals surface area contributed by atoms with Gasteiger partial charge in [0.15, 0.2) is 0 Å². The number of amides is 1. The predicted octanol–water partition coefficient (Wildman–Crippen LogP) is 1.68. The highest BCUT2D eigenvalue weighted by molar-refractivity contribution is 5.77. The van der Waals surface area contributed by atoms with Crippen molar-refractivity contribution < 1.29 is 9.53 Å². The van der Waals surface area contributed by atoms with E-state index in [-0.39, 0.29) is 18.4 Å². The lowest BCUT2D eigenvalue weighted by Crippen LogP contribution is -2.32. The van der Waals surface area contributed by atoms with Crippen molar-refractivity contribution >= 4 is 5.91 Å². The lowest BCUT2D eigenvalue weighted by atomic mass is 10.0. The van der Waals surface area contributed by atoms with Gasteiger partial charge in [0, 0.05) is 24.2 Å². The van der Waals surface area contributed by atoms with Crippen LogP contribution < -0.4 is 16.0 Å². The number of benzene rings is 1. The summed E-state index contributed by atoms with van der Waals surface area (Å²) in [5.41, 5.74) is 1.11. The van der Waals surface area contributed by atoms with Gasteiger partial charge >= 0.3 is 5.69 Å². The topological polar surface area (TPSA) is 95.3 Å². The van der Waals surface area contributed by atoms with Crippen molar-refractivity contribution in [3.63, 3.8) is 0 Å². The van der Waals surface area contributed by atoms with E-state index in [9.17, 15) is 14.4 Å². The summed E-state index contributed by atoms with van der Waals surface area (Å²) in [4.78, 5) is 42.6. The highest BCUT2D eigenvalue weighted by Crippen LogP contribution is 2.33. The first-order valence-corrected chi connectivity index (χ1v) is 8.75. The number of ether oxygens (including phenoxy) is 1. The predicted molar refractivity (Wildman–Crippen MR) is 97.4 cm³/mol. The lowest BCUT2D eigenvalue weighted by Gasteiger charge is -2.25. The summed E-state index contributed by atoms with van der Waals surface area (Å²) < 4.78 is 5.19. The summed E-state index contributed by atoms with van der Waals surface area (Å²) in [5.74, 6) is 0.811. The van der Waals surface area contributed by atoms with Crippen LogP contribution >= 0.6 is 0 Å². The van der Waals surface area contributed by atoms with Crippen LogP contribution in [0.1, 0.15) is 42.1 Å². The third-order valence-electron chi connectivity index (χ3n) is 4.92. The lowest BCUT2D eigenvalue weighted by molar-refractivity contribution is -0.132. The molecule has 1 saturated heterocycles. The van der Waals surface area contributed by atoms with Crippen LogP contribution in [0.4, 0.5) is 0 Å². The zero-order chi connectivity index (χ0) is 18.7. The molecule has 138 valence electrons. The molecule has 1 atom stereocenters. The Balaban J connectivity index is 1.70. The van der Waals surface area contributed by atoms with Crippen molar-refractivity contribution in [1.82, 2.24) is 14.9 Å². The summed E-state index contributed by atoms with van der Waals surface area (Å²) >= 11 is 0. The maximum Gasteiger partial charge on any atom is 0.325 e. The summed E-state index contributed by atoms with van der Waals surface area (Å²) in [6.07, 6.45) is 2.43. The number of methoxy groups -OCH3 is 1. The van der Waals surface area contributed by atoms with E-state index in [4.69, 9.17) is 4.74 Å². The largest absolute Gasteiger partial charge is 0.497 e. The molecule has 0 spiro atoms. The average molecular weight is 357 g/mol. The van der Waals surface area contributed by atoms with E-state index in [0.717, 1.165) is 30.7 Å². The molecule has 7 heteroatoms. The van der Waals surface area contributed by atoms with E-state index < -0.39 is 11.2 Å². The first-order chi connectivity index (χ1) is 12.5. The number of likely N-dealkylation sites (tertiary alicyclic amines) is 1. The monoisotopic (exact) mass is 357 g/mol. The highest BCUT2D eigenvalue weighted by atomic mass is 16.5. The van der Waals surface area contributed by atoms with Crippen LogP contribution in [0.3, 0.4) is 0 Å². The Labute approximate surface area is 151 Å². The molecule has 2 heterocycles. The Bertz CT molecular complexity index is 898. The number of rotatable bonds is 5. The fraction of sp³-hybridized carbons (Fsp3) is 0.421. The van der Waals surface area contributed by atoms with Gasteiger partial charge in [-0.1, -0.05) is 12.1 Å². The number of H-pyrrole nitrogens is 2. The molecule has 1 amide bonds. The van der Waals surface area contributed by atoms with E-state index in [1.807, 2.05) is 29.2 Å². The third kappa shape index (κ3) is 3.71. The van der Waals surface area contributed by atoms with E-state index in [0.29, 0.717) is 17.7 Å². The van der Waals surface area contributed by atoms with Gasteiger partial charge in [-0.15, -0.1) is 0 Å². The molecule has 0 saturated carbocycles. The number of aromatic amines is 2. The summed E-state index contributed by atoms with van der Waals surface area (Å²) in [7, 11) is 1.63. The number of hydrogen-bond donors (Lipinski definition) is 2. The molecule has 1 aromatic carbocycles. The van der Waals surface area contributed by atoms with Crippen LogP contribution in [0.25, 0.3) is 0 Å². The Kier molecular flexibility index (Phi) is 5.25. The van der Waals surface area contributed by atoms with Crippen molar-refractivity contribution in [1.29, 1.82) is 0 Å². The molecule has 2 aromatic rings. The molecule has 7 nitrogen and oxygen atoms in total. The molecular formula is C19H23N3O4. The Morgan fingerprint density at radius 1 is 1.23 bits per heavy atom. The van der Waals surface area contributed by atoms with Gasteiger partial charge in [0.25, 0.3) is 5.56 Å². The normalized spacial score (nSPS) is 16.7.